The normalized spacial score (nSPS) is 12.6. The molecule has 0 radical (unpaired) electrons. The average Bonchev–Trinajstić information content (AvgIpc) is 2.98. The summed E-state index contributed by atoms with van der Waals surface area (Å²) < 4.78 is 4.69. The van der Waals surface area contributed by atoms with Crippen LogP contribution in [0.1, 0.15) is 50.1 Å². The van der Waals surface area contributed by atoms with Crippen LogP contribution in [0, 0.1) is 0 Å². The first-order chi connectivity index (χ1) is 11.3. The third-order valence-corrected chi connectivity index (χ3v) is 3.73. The van der Waals surface area contributed by atoms with Gasteiger partial charge in [-0.3, -0.25) is 9.59 Å². The summed E-state index contributed by atoms with van der Waals surface area (Å²) in [7, 11) is 0. The Labute approximate surface area is 140 Å². The van der Waals surface area contributed by atoms with E-state index in [9.17, 15) is 9.59 Å². The largest absolute Gasteiger partial charge is 0.481 e. The molecule has 6 heteroatoms. The molecule has 1 unspecified atom stereocenters. The fourth-order valence-corrected chi connectivity index (χ4v) is 2.38. The molecule has 2 rings (SSSR count). The quantitative estimate of drug-likeness (QED) is 0.849. The number of nitrogens with one attached hydrogen (secondary N) is 1. The van der Waals surface area contributed by atoms with E-state index in [1.165, 1.54) is 6.26 Å². The SMILES string of the molecule is CC(C)(C)c1ccc(C(CC(=O)O)NC(=O)Cc2ccon2)cc1. The minimum absolute atomic E-state index is 0.0109. The predicted molar refractivity (Wildman–Crippen MR) is 88.5 cm³/mol. The average molecular weight is 330 g/mol. The van der Waals surface area contributed by atoms with Crippen molar-refractivity contribution in [1.82, 2.24) is 10.5 Å². The Bertz CT molecular complexity index is 685. The number of carboxylic acids is 1. The van der Waals surface area contributed by atoms with E-state index in [4.69, 9.17) is 9.63 Å². The summed E-state index contributed by atoms with van der Waals surface area (Å²) in [5.74, 6) is -1.27. The molecule has 2 aromatic rings. The number of hydrogen-bond acceptors (Lipinski definition) is 4. The van der Waals surface area contributed by atoms with Crippen molar-refractivity contribution in [3.05, 3.63) is 53.4 Å². The Morgan fingerprint density at radius 3 is 2.38 bits per heavy atom. The second-order valence-electron chi connectivity index (χ2n) is 6.76. The van der Waals surface area contributed by atoms with Gasteiger partial charge >= 0.3 is 5.97 Å². The molecule has 0 spiro atoms. The van der Waals surface area contributed by atoms with Crippen molar-refractivity contribution < 1.29 is 19.2 Å². The smallest absolute Gasteiger partial charge is 0.305 e. The Balaban J connectivity index is 2.12. The van der Waals surface area contributed by atoms with Gasteiger partial charge in [0, 0.05) is 6.07 Å². The van der Waals surface area contributed by atoms with Crippen LogP contribution in [0.3, 0.4) is 0 Å². The fraction of sp³-hybridized carbons (Fsp3) is 0.389. The van der Waals surface area contributed by atoms with Crippen LogP contribution in [-0.2, 0) is 21.4 Å². The molecule has 0 aliphatic rings. The number of rotatable bonds is 6. The summed E-state index contributed by atoms with van der Waals surface area (Å²) in [6, 6.07) is 8.68. The summed E-state index contributed by atoms with van der Waals surface area (Å²) >= 11 is 0. The molecular weight excluding hydrogens is 308 g/mol. The summed E-state index contributed by atoms with van der Waals surface area (Å²) in [4.78, 5) is 23.2. The highest BCUT2D eigenvalue weighted by Gasteiger charge is 2.20. The van der Waals surface area contributed by atoms with Gasteiger partial charge in [0.2, 0.25) is 5.91 Å². The lowest BCUT2D eigenvalue weighted by molar-refractivity contribution is -0.137. The predicted octanol–water partition coefficient (Wildman–Crippen LogP) is 2.85. The lowest BCUT2D eigenvalue weighted by Gasteiger charge is -2.21. The van der Waals surface area contributed by atoms with E-state index >= 15 is 0 Å². The van der Waals surface area contributed by atoms with Crippen LogP contribution in [0.5, 0.6) is 0 Å². The van der Waals surface area contributed by atoms with E-state index in [0.29, 0.717) is 5.69 Å². The molecule has 0 saturated carbocycles. The summed E-state index contributed by atoms with van der Waals surface area (Å²) in [6.45, 7) is 6.32. The second kappa shape index (κ2) is 7.29. The fourth-order valence-electron chi connectivity index (χ4n) is 2.38. The van der Waals surface area contributed by atoms with Crippen molar-refractivity contribution in [2.75, 3.05) is 0 Å². The van der Waals surface area contributed by atoms with Crippen LogP contribution in [-0.4, -0.2) is 22.1 Å². The van der Waals surface area contributed by atoms with Crippen LogP contribution in [0.15, 0.2) is 41.1 Å². The van der Waals surface area contributed by atoms with E-state index < -0.39 is 12.0 Å². The molecule has 0 aliphatic heterocycles. The third kappa shape index (κ3) is 4.94. The first-order valence-corrected chi connectivity index (χ1v) is 7.76. The van der Waals surface area contributed by atoms with Crippen molar-refractivity contribution >= 4 is 11.9 Å². The number of aliphatic carboxylic acids is 1. The van der Waals surface area contributed by atoms with Crippen LogP contribution in [0.2, 0.25) is 0 Å². The lowest BCUT2D eigenvalue weighted by Crippen LogP contribution is -2.31. The molecule has 0 bridgehead atoms. The maximum Gasteiger partial charge on any atom is 0.305 e. The third-order valence-electron chi connectivity index (χ3n) is 3.73. The maximum absolute atomic E-state index is 12.1. The van der Waals surface area contributed by atoms with Gasteiger partial charge in [-0.1, -0.05) is 50.2 Å². The molecule has 1 aromatic heterocycles. The van der Waals surface area contributed by atoms with Gasteiger partial charge < -0.3 is 14.9 Å². The van der Waals surface area contributed by atoms with Gasteiger partial charge in [-0.2, -0.15) is 0 Å². The number of carboxylic acid groups (broad SMARTS) is 1. The molecule has 0 aliphatic carbocycles. The van der Waals surface area contributed by atoms with Crippen LogP contribution >= 0.6 is 0 Å². The zero-order valence-corrected chi connectivity index (χ0v) is 14.1. The van der Waals surface area contributed by atoms with Gasteiger partial charge in [0.25, 0.3) is 0 Å². The van der Waals surface area contributed by atoms with Gasteiger partial charge in [0.15, 0.2) is 0 Å². The molecule has 0 fully saturated rings. The number of carbonyl (C=O) groups excluding carboxylic acids is 1. The van der Waals surface area contributed by atoms with E-state index in [-0.39, 0.29) is 24.2 Å². The number of carbonyl (C=O) groups is 2. The van der Waals surface area contributed by atoms with Gasteiger partial charge in [-0.25, -0.2) is 0 Å². The van der Waals surface area contributed by atoms with Crippen molar-refractivity contribution in [3.63, 3.8) is 0 Å². The molecule has 1 atom stereocenters. The minimum Gasteiger partial charge on any atom is -0.481 e. The van der Waals surface area contributed by atoms with Crippen LogP contribution < -0.4 is 5.32 Å². The van der Waals surface area contributed by atoms with E-state index in [1.54, 1.807) is 6.07 Å². The molecule has 24 heavy (non-hydrogen) atoms. The molecular formula is C18H22N2O4. The Morgan fingerprint density at radius 2 is 1.88 bits per heavy atom. The number of nitrogens with zero attached hydrogens (tertiary/aromatic N) is 1. The lowest BCUT2D eigenvalue weighted by atomic mass is 9.86. The molecule has 2 N–H and O–H groups in total. The van der Waals surface area contributed by atoms with E-state index in [0.717, 1.165) is 11.1 Å². The van der Waals surface area contributed by atoms with E-state index in [1.807, 2.05) is 24.3 Å². The Morgan fingerprint density at radius 1 is 1.21 bits per heavy atom. The highest BCUT2D eigenvalue weighted by atomic mass is 16.5. The monoisotopic (exact) mass is 330 g/mol. The van der Waals surface area contributed by atoms with Crippen molar-refractivity contribution in [3.8, 4) is 0 Å². The number of benzene rings is 1. The zero-order valence-electron chi connectivity index (χ0n) is 14.1. The Kier molecular flexibility index (Phi) is 5.39. The number of hydrogen-bond donors (Lipinski definition) is 2. The topological polar surface area (TPSA) is 92.4 Å². The summed E-state index contributed by atoms with van der Waals surface area (Å²) in [6.07, 6.45) is 1.26. The van der Waals surface area contributed by atoms with Gasteiger partial charge in [0.05, 0.1) is 24.6 Å². The summed E-state index contributed by atoms with van der Waals surface area (Å²) in [5, 5.41) is 15.6. The van der Waals surface area contributed by atoms with Crippen LogP contribution in [0.25, 0.3) is 0 Å². The highest BCUT2D eigenvalue weighted by Crippen LogP contribution is 2.25. The maximum atomic E-state index is 12.1. The van der Waals surface area contributed by atoms with Gasteiger partial charge in [-0.15, -0.1) is 0 Å². The van der Waals surface area contributed by atoms with Gasteiger partial charge in [-0.05, 0) is 16.5 Å². The van der Waals surface area contributed by atoms with E-state index in [2.05, 4.69) is 31.2 Å². The molecule has 1 aromatic carbocycles. The van der Waals surface area contributed by atoms with Crippen molar-refractivity contribution in [1.29, 1.82) is 0 Å². The summed E-state index contributed by atoms with van der Waals surface area (Å²) in [5.41, 5.74) is 2.43. The highest BCUT2D eigenvalue weighted by molar-refractivity contribution is 5.79. The standard InChI is InChI=1S/C18H22N2O4/c1-18(2,3)13-6-4-12(5-7-13)15(11-17(22)23)19-16(21)10-14-8-9-24-20-14/h4-9,15H,10-11H2,1-3H3,(H,19,21)(H,22,23). The minimum atomic E-state index is -0.971. The Hall–Kier alpha value is -2.63. The zero-order chi connectivity index (χ0) is 17.7. The molecule has 128 valence electrons. The molecule has 6 nitrogen and oxygen atoms in total. The van der Waals surface area contributed by atoms with Crippen LogP contribution in [0.4, 0.5) is 0 Å². The first kappa shape index (κ1) is 17.7. The molecule has 1 amide bonds. The second-order valence-corrected chi connectivity index (χ2v) is 6.76. The van der Waals surface area contributed by atoms with Crippen molar-refractivity contribution in [2.45, 2.75) is 45.1 Å². The van der Waals surface area contributed by atoms with Crippen molar-refractivity contribution in [2.24, 2.45) is 0 Å². The number of aromatic nitrogens is 1. The number of amides is 1. The van der Waals surface area contributed by atoms with Gasteiger partial charge in [0.1, 0.15) is 6.26 Å². The molecule has 0 saturated heterocycles. The molecule has 1 heterocycles. The first-order valence-electron chi connectivity index (χ1n) is 7.76.